The molecule has 1 saturated heterocycles. The lowest BCUT2D eigenvalue weighted by molar-refractivity contribution is -0.140. The van der Waals surface area contributed by atoms with Gasteiger partial charge >= 0.3 is 0 Å². The number of benzene rings is 2. The Labute approximate surface area is 197 Å². The zero-order chi connectivity index (χ0) is 23.8. The summed E-state index contributed by atoms with van der Waals surface area (Å²) in [6.07, 6.45) is 1.48. The van der Waals surface area contributed by atoms with Crippen molar-refractivity contribution < 1.29 is 9.59 Å². The van der Waals surface area contributed by atoms with Gasteiger partial charge in [-0.3, -0.25) is 9.59 Å². The predicted molar refractivity (Wildman–Crippen MR) is 132 cm³/mol. The van der Waals surface area contributed by atoms with Gasteiger partial charge in [0.15, 0.2) is 0 Å². The fraction of sp³-hybridized carbons (Fsp3) is 0.462. The smallest absolute Gasteiger partial charge is 0.243 e. The molecule has 2 aromatic rings. The number of nitrogens with two attached hydrogens (primary N) is 1. The molecule has 2 amide bonds. The van der Waals surface area contributed by atoms with Gasteiger partial charge in [-0.25, -0.2) is 0 Å². The number of amides is 2. The highest BCUT2D eigenvalue weighted by atomic mass is 35.5. The largest absolute Gasteiger partial charge is 0.348 e. The van der Waals surface area contributed by atoms with Crippen LogP contribution in [0.4, 0.5) is 0 Å². The van der Waals surface area contributed by atoms with E-state index in [1.54, 1.807) is 4.90 Å². The van der Waals surface area contributed by atoms with Crippen LogP contribution in [0.3, 0.4) is 0 Å². The first-order valence-corrected chi connectivity index (χ1v) is 11.9. The Balaban J connectivity index is 0.00000176. The summed E-state index contributed by atoms with van der Waals surface area (Å²) in [4.78, 5) is 27.2. The molecule has 1 aliphatic heterocycles. The van der Waals surface area contributed by atoms with Crippen molar-refractivity contribution >= 4 is 23.4 Å². The van der Waals surface area contributed by atoms with Crippen LogP contribution < -0.4 is 11.1 Å². The van der Waals surface area contributed by atoms with Crippen LogP contribution in [0.15, 0.2) is 48.5 Å². The molecule has 1 aliphatic rings. The van der Waals surface area contributed by atoms with Crippen molar-refractivity contribution in [3.8, 4) is 11.1 Å². The highest BCUT2D eigenvalue weighted by Gasteiger charge is 2.37. The standard InChI is InChI=1S/C24H30ClN3O2.C2H6/c1-15(2)22(26)24(30)28-14-6-9-21(28)23(29)27-16(3)17-10-12-18(13-11-17)19-7-4-5-8-20(19)25;1-2/h4-5,7-8,10-13,15-16,21-22H,6,9,14,26H2,1-3H3,(H,27,29);1-2H3. The molecule has 1 heterocycles. The molecule has 0 bridgehead atoms. The number of rotatable bonds is 6. The number of nitrogens with one attached hydrogen (secondary N) is 1. The molecule has 0 aromatic heterocycles. The zero-order valence-corrected chi connectivity index (χ0v) is 20.5. The highest BCUT2D eigenvalue weighted by Crippen LogP contribution is 2.28. The summed E-state index contributed by atoms with van der Waals surface area (Å²) >= 11 is 6.29. The summed E-state index contributed by atoms with van der Waals surface area (Å²) in [5.74, 6) is -0.226. The van der Waals surface area contributed by atoms with E-state index in [0.717, 1.165) is 23.1 Å². The first-order valence-electron chi connectivity index (χ1n) is 11.5. The van der Waals surface area contributed by atoms with Gasteiger partial charge in [0, 0.05) is 17.1 Å². The average molecular weight is 458 g/mol. The van der Waals surface area contributed by atoms with E-state index in [-0.39, 0.29) is 23.8 Å². The third kappa shape index (κ3) is 6.11. The minimum atomic E-state index is -0.576. The molecule has 3 N–H and O–H groups in total. The van der Waals surface area contributed by atoms with Crippen LogP contribution in [-0.2, 0) is 9.59 Å². The molecule has 3 rings (SSSR count). The summed E-state index contributed by atoms with van der Waals surface area (Å²) in [6, 6.07) is 14.5. The first kappa shape index (κ1) is 25.9. The SMILES string of the molecule is CC.CC(NC(=O)C1CCCN1C(=O)C(N)C(C)C)c1ccc(-c2ccccc2Cl)cc1. The average Bonchev–Trinajstić information content (AvgIpc) is 3.30. The first-order chi connectivity index (χ1) is 15.3. The second kappa shape index (κ2) is 12.0. The molecule has 5 nitrogen and oxygen atoms in total. The lowest BCUT2D eigenvalue weighted by atomic mass is 10.0. The normalized spacial score (nSPS) is 17.4. The third-order valence-electron chi connectivity index (χ3n) is 5.80. The number of hydrogen-bond donors (Lipinski definition) is 2. The number of halogens is 1. The van der Waals surface area contributed by atoms with Crippen LogP contribution in [0.25, 0.3) is 11.1 Å². The molecule has 6 heteroatoms. The number of nitrogens with zero attached hydrogens (tertiary/aromatic N) is 1. The van der Waals surface area contributed by atoms with Crippen LogP contribution in [0, 0.1) is 5.92 Å². The summed E-state index contributed by atoms with van der Waals surface area (Å²) < 4.78 is 0. The van der Waals surface area contributed by atoms with E-state index in [9.17, 15) is 9.59 Å². The number of carbonyl (C=O) groups is 2. The quantitative estimate of drug-likeness (QED) is 0.627. The molecule has 0 aliphatic carbocycles. The lowest BCUT2D eigenvalue weighted by Crippen LogP contribution is -2.52. The summed E-state index contributed by atoms with van der Waals surface area (Å²) in [6.45, 7) is 10.4. The maximum Gasteiger partial charge on any atom is 0.243 e. The third-order valence-corrected chi connectivity index (χ3v) is 6.13. The maximum absolute atomic E-state index is 12.9. The summed E-state index contributed by atoms with van der Waals surface area (Å²) in [5.41, 5.74) is 9.03. The van der Waals surface area contributed by atoms with Crippen LogP contribution >= 0.6 is 11.6 Å². The van der Waals surface area contributed by atoms with Crippen molar-refractivity contribution in [2.24, 2.45) is 11.7 Å². The van der Waals surface area contributed by atoms with Gasteiger partial charge in [-0.05, 0) is 42.9 Å². The predicted octanol–water partition coefficient (Wildman–Crippen LogP) is 5.18. The Morgan fingerprint density at radius 2 is 1.69 bits per heavy atom. The van der Waals surface area contributed by atoms with E-state index in [2.05, 4.69) is 5.32 Å². The van der Waals surface area contributed by atoms with E-state index in [1.807, 2.05) is 83.1 Å². The molecule has 32 heavy (non-hydrogen) atoms. The van der Waals surface area contributed by atoms with Crippen molar-refractivity contribution in [2.45, 2.75) is 65.6 Å². The highest BCUT2D eigenvalue weighted by molar-refractivity contribution is 6.33. The topological polar surface area (TPSA) is 75.4 Å². The molecule has 0 spiro atoms. The number of likely N-dealkylation sites (tertiary alicyclic amines) is 1. The lowest BCUT2D eigenvalue weighted by Gasteiger charge is -2.29. The Bertz CT molecular complexity index is 898. The molecular formula is C26H36ClN3O2. The van der Waals surface area contributed by atoms with Crippen molar-refractivity contribution in [2.75, 3.05) is 6.54 Å². The van der Waals surface area contributed by atoms with Crippen molar-refractivity contribution in [1.29, 1.82) is 0 Å². The molecule has 3 unspecified atom stereocenters. The van der Waals surface area contributed by atoms with Crippen LogP contribution in [0.1, 0.15) is 59.1 Å². The minimum Gasteiger partial charge on any atom is -0.348 e. The second-order valence-electron chi connectivity index (χ2n) is 8.29. The fourth-order valence-electron chi connectivity index (χ4n) is 3.82. The summed E-state index contributed by atoms with van der Waals surface area (Å²) in [5, 5.41) is 3.77. The maximum atomic E-state index is 12.9. The number of carbonyl (C=O) groups excluding carboxylic acids is 2. The second-order valence-corrected chi connectivity index (χ2v) is 8.70. The Morgan fingerprint density at radius 1 is 1.06 bits per heavy atom. The minimum absolute atomic E-state index is 0.0392. The Hall–Kier alpha value is -2.37. The molecule has 0 radical (unpaired) electrons. The number of hydrogen-bond acceptors (Lipinski definition) is 3. The Kier molecular flexibility index (Phi) is 9.73. The van der Waals surface area contributed by atoms with Crippen LogP contribution in [0.5, 0.6) is 0 Å². The van der Waals surface area contributed by atoms with Gasteiger partial charge in [0.05, 0.1) is 12.1 Å². The van der Waals surface area contributed by atoms with Crippen LogP contribution in [0.2, 0.25) is 5.02 Å². The van der Waals surface area contributed by atoms with Crippen molar-refractivity contribution in [1.82, 2.24) is 10.2 Å². The zero-order valence-electron chi connectivity index (χ0n) is 19.8. The van der Waals surface area contributed by atoms with E-state index >= 15 is 0 Å². The van der Waals surface area contributed by atoms with E-state index in [4.69, 9.17) is 17.3 Å². The molecule has 3 atom stereocenters. The van der Waals surface area contributed by atoms with Gasteiger partial charge in [-0.1, -0.05) is 81.8 Å². The van der Waals surface area contributed by atoms with Gasteiger partial charge in [0.2, 0.25) is 11.8 Å². The van der Waals surface area contributed by atoms with E-state index in [1.165, 1.54) is 0 Å². The van der Waals surface area contributed by atoms with Crippen molar-refractivity contribution in [3.63, 3.8) is 0 Å². The van der Waals surface area contributed by atoms with Gasteiger partial charge in [-0.15, -0.1) is 0 Å². The van der Waals surface area contributed by atoms with Gasteiger partial charge < -0.3 is 16.0 Å². The molecule has 2 aromatic carbocycles. The van der Waals surface area contributed by atoms with E-state index in [0.29, 0.717) is 18.0 Å². The van der Waals surface area contributed by atoms with E-state index < -0.39 is 12.1 Å². The fourth-order valence-corrected chi connectivity index (χ4v) is 4.06. The van der Waals surface area contributed by atoms with Crippen LogP contribution in [-0.4, -0.2) is 35.3 Å². The molecular weight excluding hydrogens is 422 g/mol. The van der Waals surface area contributed by atoms with Crippen molar-refractivity contribution in [3.05, 3.63) is 59.1 Å². The molecule has 1 fully saturated rings. The monoisotopic (exact) mass is 457 g/mol. The van der Waals surface area contributed by atoms with Gasteiger partial charge in [0.25, 0.3) is 0 Å². The molecule has 174 valence electrons. The Morgan fingerprint density at radius 3 is 2.28 bits per heavy atom. The summed E-state index contributed by atoms with van der Waals surface area (Å²) in [7, 11) is 0. The van der Waals surface area contributed by atoms with Gasteiger partial charge in [0.1, 0.15) is 6.04 Å². The van der Waals surface area contributed by atoms with Gasteiger partial charge in [-0.2, -0.15) is 0 Å². The molecule has 0 saturated carbocycles.